The van der Waals surface area contributed by atoms with Crippen molar-refractivity contribution in [3.8, 4) is 22.9 Å². The zero-order valence-electron chi connectivity index (χ0n) is 10.6. The molecule has 1 aromatic carbocycles. The van der Waals surface area contributed by atoms with E-state index < -0.39 is 17.7 Å². The second kappa shape index (κ2) is 5.71. The largest absolute Gasteiger partial charge is 0.573 e. The quantitative estimate of drug-likeness (QED) is 0.946. The molecule has 0 spiro atoms. The maximum absolute atomic E-state index is 12.4. The third-order valence-corrected chi connectivity index (χ3v) is 2.64. The molecule has 2 rings (SSSR count). The summed E-state index contributed by atoms with van der Waals surface area (Å²) in [5.41, 5.74) is -0.127. The van der Waals surface area contributed by atoms with Gasteiger partial charge in [-0.2, -0.15) is 5.26 Å². The van der Waals surface area contributed by atoms with Crippen molar-refractivity contribution in [1.29, 1.82) is 5.26 Å². The van der Waals surface area contributed by atoms with Gasteiger partial charge in [0, 0.05) is 11.3 Å². The lowest BCUT2D eigenvalue weighted by atomic mass is 10.1. The van der Waals surface area contributed by atoms with E-state index in [1.807, 2.05) is 6.07 Å². The number of aromatic amines is 1. The summed E-state index contributed by atoms with van der Waals surface area (Å²) in [4.78, 5) is 14.4. The number of aromatic nitrogens is 1. The summed E-state index contributed by atoms with van der Waals surface area (Å²) in [6.07, 6.45) is -4.83. The van der Waals surface area contributed by atoms with E-state index in [1.165, 1.54) is 30.3 Å². The second-order valence-electron chi connectivity index (χ2n) is 4.11. The molecule has 1 heterocycles. The summed E-state index contributed by atoms with van der Waals surface area (Å²) in [5, 5.41) is 8.55. The molecule has 1 aromatic heterocycles. The summed E-state index contributed by atoms with van der Waals surface area (Å²) >= 11 is 0. The van der Waals surface area contributed by atoms with Crippen molar-refractivity contribution in [3.63, 3.8) is 0 Å². The summed E-state index contributed by atoms with van der Waals surface area (Å²) in [6.45, 7) is 0. The maximum atomic E-state index is 12.4. The number of nitrogens with zero attached hydrogens (tertiary/aromatic N) is 1. The van der Waals surface area contributed by atoms with Gasteiger partial charge in [-0.3, -0.25) is 4.79 Å². The molecule has 2 aromatic rings. The van der Waals surface area contributed by atoms with Gasteiger partial charge in [0.25, 0.3) is 5.56 Å². The van der Waals surface area contributed by atoms with Crippen LogP contribution in [-0.4, -0.2) is 11.3 Å². The summed E-state index contributed by atoms with van der Waals surface area (Å²) in [6, 6.07) is 10.1. The first-order chi connectivity index (χ1) is 9.90. The van der Waals surface area contributed by atoms with Gasteiger partial charge < -0.3 is 9.72 Å². The number of nitrogens with one attached hydrogen (secondary N) is 1. The molecular formula is C14H9F3N2O2. The highest BCUT2D eigenvalue weighted by atomic mass is 19.4. The zero-order valence-corrected chi connectivity index (χ0v) is 10.6. The fourth-order valence-corrected chi connectivity index (χ4v) is 1.82. The standard InChI is InChI=1S/C14H9F3N2O2/c15-14(16,17)21-12-4-2-1-3-10(12)11-6-5-9(7-8-18)19-13(11)20/h1-6H,7H2,(H,19,20). The van der Waals surface area contributed by atoms with Crippen LogP contribution < -0.4 is 10.3 Å². The number of ether oxygens (including phenoxy) is 1. The van der Waals surface area contributed by atoms with Crippen molar-refractivity contribution in [2.24, 2.45) is 0 Å². The van der Waals surface area contributed by atoms with Gasteiger partial charge in [0.15, 0.2) is 0 Å². The molecule has 21 heavy (non-hydrogen) atoms. The third-order valence-electron chi connectivity index (χ3n) is 2.64. The Labute approximate surface area is 117 Å². The van der Waals surface area contributed by atoms with Gasteiger partial charge in [-0.05, 0) is 18.2 Å². The topological polar surface area (TPSA) is 65.9 Å². The van der Waals surface area contributed by atoms with E-state index in [0.717, 1.165) is 6.07 Å². The summed E-state index contributed by atoms with van der Waals surface area (Å²) in [5.74, 6) is -0.455. The van der Waals surface area contributed by atoms with E-state index >= 15 is 0 Å². The van der Waals surface area contributed by atoms with E-state index in [4.69, 9.17) is 5.26 Å². The number of H-pyrrole nitrogens is 1. The minimum atomic E-state index is -4.84. The van der Waals surface area contributed by atoms with Crippen LogP contribution in [0.5, 0.6) is 5.75 Å². The Hall–Kier alpha value is -2.75. The third kappa shape index (κ3) is 3.63. The van der Waals surface area contributed by atoms with Crippen LogP contribution in [0, 0.1) is 11.3 Å². The van der Waals surface area contributed by atoms with E-state index in [1.54, 1.807) is 0 Å². The molecule has 0 aliphatic carbocycles. The fraction of sp³-hybridized carbons (Fsp3) is 0.143. The predicted octanol–water partition coefficient (Wildman–Crippen LogP) is 3.01. The Morgan fingerprint density at radius 3 is 2.48 bits per heavy atom. The number of benzene rings is 1. The molecule has 7 heteroatoms. The highest BCUT2D eigenvalue weighted by molar-refractivity contribution is 5.69. The predicted molar refractivity (Wildman–Crippen MR) is 68.5 cm³/mol. The molecule has 0 atom stereocenters. The normalized spacial score (nSPS) is 11.0. The van der Waals surface area contributed by atoms with E-state index in [2.05, 4.69) is 9.72 Å². The lowest BCUT2D eigenvalue weighted by Crippen LogP contribution is -2.18. The smallest absolute Gasteiger partial charge is 0.405 e. The Bertz CT molecular complexity index is 745. The first-order valence-corrected chi connectivity index (χ1v) is 5.85. The molecule has 0 fully saturated rings. The summed E-state index contributed by atoms with van der Waals surface area (Å²) < 4.78 is 41.0. The van der Waals surface area contributed by atoms with Crippen molar-refractivity contribution >= 4 is 0 Å². The minimum absolute atomic E-state index is 0.0101. The van der Waals surface area contributed by atoms with Gasteiger partial charge in [-0.1, -0.05) is 18.2 Å². The summed E-state index contributed by atoms with van der Waals surface area (Å²) in [7, 11) is 0. The van der Waals surface area contributed by atoms with Gasteiger partial charge in [-0.25, -0.2) is 0 Å². The van der Waals surface area contributed by atoms with Crippen LogP contribution in [0.25, 0.3) is 11.1 Å². The molecule has 0 radical (unpaired) electrons. The first kappa shape index (κ1) is 14.7. The Balaban J connectivity index is 2.48. The molecule has 108 valence electrons. The van der Waals surface area contributed by atoms with E-state index in [9.17, 15) is 18.0 Å². The van der Waals surface area contributed by atoms with Crippen LogP contribution in [0.1, 0.15) is 5.69 Å². The number of nitriles is 1. The fourth-order valence-electron chi connectivity index (χ4n) is 1.82. The van der Waals surface area contributed by atoms with Crippen LogP contribution >= 0.6 is 0 Å². The van der Waals surface area contributed by atoms with Crippen molar-refractivity contribution in [3.05, 3.63) is 52.4 Å². The highest BCUT2D eigenvalue weighted by Crippen LogP contribution is 2.31. The van der Waals surface area contributed by atoms with Crippen LogP contribution in [0.2, 0.25) is 0 Å². The van der Waals surface area contributed by atoms with Crippen molar-refractivity contribution in [2.75, 3.05) is 0 Å². The number of para-hydroxylation sites is 1. The lowest BCUT2D eigenvalue weighted by molar-refractivity contribution is -0.274. The van der Waals surface area contributed by atoms with Gasteiger partial charge in [0.1, 0.15) is 5.75 Å². The highest BCUT2D eigenvalue weighted by Gasteiger charge is 2.32. The van der Waals surface area contributed by atoms with Gasteiger partial charge in [0.2, 0.25) is 0 Å². The molecule has 0 saturated carbocycles. The first-order valence-electron chi connectivity index (χ1n) is 5.85. The van der Waals surface area contributed by atoms with Crippen LogP contribution in [-0.2, 0) is 6.42 Å². The Kier molecular flexibility index (Phi) is 3.98. The van der Waals surface area contributed by atoms with Gasteiger partial charge >= 0.3 is 6.36 Å². The average Bonchev–Trinajstić information content (AvgIpc) is 2.39. The number of halogens is 3. The molecule has 0 amide bonds. The van der Waals surface area contributed by atoms with Gasteiger partial charge in [-0.15, -0.1) is 13.2 Å². The molecular weight excluding hydrogens is 285 g/mol. The zero-order chi connectivity index (χ0) is 15.5. The van der Waals surface area contributed by atoms with Crippen LogP contribution in [0.15, 0.2) is 41.2 Å². The number of alkyl halides is 3. The van der Waals surface area contributed by atoms with Crippen LogP contribution in [0.3, 0.4) is 0 Å². The average molecular weight is 294 g/mol. The monoisotopic (exact) mass is 294 g/mol. The SMILES string of the molecule is N#CCc1ccc(-c2ccccc2OC(F)(F)F)c(=O)[nH]1. The number of hydrogen-bond acceptors (Lipinski definition) is 3. The number of hydrogen-bond donors (Lipinski definition) is 1. The van der Waals surface area contributed by atoms with Crippen LogP contribution in [0.4, 0.5) is 13.2 Å². The molecule has 0 bridgehead atoms. The molecule has 1 N–H and O–H groups in total. The molecule has 0 saturated heterocycles. The van der Waals surface area contributed by atoms with E-state index in [0.29, 0.717) is 5.69 Å². The van der Waals surface area contributed by atoms with Crippen molar-refractivity contribution < 1.29 is 17.9 Å². The minimum Gasteiger partial charge on any atom is -0.405 e. The van der Waals surface area contributed by atoms with E-state index in [-0.39, 0.29) is 17.5 Å². The Morgan fingerprint density at radius 1 is 1.14 bits per heavy atom. The number of rotatable bonds is 3. The second-order valence-corrected chi connectivity index (χ2v) is 4.11. The molecule has 4 nitrogen and oxygen atoms in total. The molecule has 0 aliphatic heterocycles. The molecule has 0 aliphatic rings. The van der Waals surface area contributed by atoms with Crippen molar-refractivity contribution in [1.82, 2.24) is 4.98 Å². The van der Waals surface area contributed by atoms with Gasteiger partial charge in [0.05, 0.1) is 18.1 Å². The number of pyridine rings is 1. The van der Waals surface area contributed by atoms with Crippen molar-refractivity contribution in [2.45, 2.75) is 12.8 Å². The molecule has 0 unspecified atom stereocenters. The lowest BCUT2D eigenvalue weighted by Gasteiger charge is -2.12. The Morgan fingerprint density at radius 2 is 1.86 bits per heavy atom. The maximum Gasteiger partial charge on any atom is 0.573 e.